The van der Waals surface area contributed by atoms with E-state index in [1.807, 2.05) is 13.8 Å². The smallest absolute Gasteiger partial charge is 0.103 e. The maximum absolute atomic E-state index is 9.13. The number of hydrogen-bond donors (Lipinski definition) is 0. The number of hydrogen-bond acceptors (Lipinski definition) is 4. The predicted octanol–water partition coefficient (Wildman–Crippen LogP) is 1.97. The number of rotatable bonds is 7. The van der Waals surface area contributed by atoms with Gasteiger partial charge in [0.1, 0.15) is 5.54 Å². The average Bonchev–Trinajstić information content (AvgIpc) is 2.38. The Morgan fingerprint density at radius 1 is 1.16 bits per heavy atom. The van der Waals surface area contributed by atoms with Crippen LogP contribution in [0.15, 0.2) is 0 Å². The molecule has 1 saturated heterocycles. The maximum atomic E-state index is 9.13. The zero-order valence-electron chi connectivity index (χ0n) is 13.0. The van der Waals surface area contributed by atoms with E-state index < -0.39 is 0 Å². The van der Waals surface area contributed by atoms with Crippen molar-refractivity contribution in [2.24, 2.45) is 5.92 Å². The normalized spacial score (nSPS) is 18.7. The minimum Gasteiger partial charge on any atom is -0.380 e. The summed E-state index contributed by atoms with van der Waals surface area (Å²) in [5.74, 6) is 0.719. The summed E-state index contributed by atoms with van der Waals surface area (Å²) < 4.78 is 5.65. The van der Waals surface area contributed by atoms with Crippen LogP contribution in [0.4, 0.5) is 0 Å². The lowest BCUT2D eigenvalue weighted by molar-refractivity contribution is 0.0503. The molecule has 1 aliphatic heterocycles. The lowest BCUT2D eigenvalue weighted by Gasteiger charge is -2.40. The van der Waals surface area contributed by atoms with Gasteiger partial charge in [0.2, 0.25) is 0 Å². The van der Waals surface area contributed by atoms with Crippen LogP contribution in [0.5, 0.6) is 0 Å². The number of nitrogens with zero attached hydrogens (tertiary/aromatic N) is 3. The molecule has 19 heavy (non-hydrogen) atoms. The first-order valence-corrected chi connectivity index (χ1v) is 7.42. The molecule has 0 N–H and O–H groups in total. The Morgan fingerprint density at radius 2 is 1.79 bits per heavy atom. The third kappa shape index (κ3) is 5.90. The Labute approximate surface area is 118 Å². The molecule has 0 atom stereocenters. The third-order valence-electron chi connectivity index (χ3n) is 3.83. The van der Waals surface area contributed by atoms with Crippen LogP contribution < -0.4 is 0 Å². The second-order valence-electron chi connectivity index (χ2n) is 6.29. The summed E-state index contributed by atoms with van der Waals surface area (Å²) in [6.45, 7) is 15.2. The Balaban J connectivity index is 2.12. The highest BCUT2D eigenvalue weighted by atomic mass is 16.5. The van der Waals surface area contributed by atoms with Gasteiger partial charge >= 0.3 is 0 Å². The molecule has 0 aromatic carbocycles. The van der Waals surface area contributed by atoms with Gasteiger partial charge in [-0.05, 0) is 26.2 Å². The Morgan fingerprint density at radius 3 is 2.32 bits per heavy atom. The predicted molar refractivity (Wildman–Crippen MR) is 78.0 cm³/mol. The van der Waals surface area contributed by atoms with Gasteiger partial charge < -0.3 is 4.74 Å². The van der Waals surface area contributed by atoms with E-state index >= 15 is 0 Å². The van der Waals surface area contributed by atoms with E-state index in [-0.39, 0.29) is 5.54 Å². The van der Waals surface area contributed by atoms with Crippen molar-refractivity contribution in [3.63, 3.8) is 0 Å². The maximum Gasteiger partial charge on any atom is 0.103 e. The average molecular weight is 267 g/mol. The third-order valence-corrected chi connectivity index (χ3v) is 3.83. The van der Waals surface area contributed by atoms with Gasteiger partial charge in [0.25, 0.3) is 0 Å². The SMILES string of the molecule is CC(C)CCOCCN1CCN(C(C)(C)C#N)CC1. The summed E-state index contributed by atoms with van der Waals surface area (Å²) in [4.78, 5) is 4.70. The van der Waals surface area contributed by atoms with E-state index in [0.717, 1.165) is 58.3 Å². The summed E-state index contributed by atoms with van der Waals surface area (Å²) in [5, 5.41) is 9.13. The standard InChI is InChI=1S/C15H29N3O/c1-14(2)5-11-19-12-10-17-6-8-18(9-7-17)15(3,4)13-16/h14H,5-12H2,1-4H3. The first kappa shape index (κ1) is 16.4. The van der Waals surface area contributed by atoms with E-state index in [0.29, 0.717) is 0 Å². The van der Waals surface area contributed by atoms with Gasteiger partial charge in [-0.3, -0.25) is 9.80 Å². The molecule has 1 rings (SSSR count). The molecule has 0 amide bonds. The van der Waals surface area contributed by atoms with Crippen molar-refractivity contribution in [2.45, 2.75) is 39.7 Å². The van der Waals surface area contributed by atoms with Crippen molar-refractivity contribution in [3.05, 3.63) is 0 Å². The Hall–Kier alpha value is -0.630. The van der Waals surface area contributed by atoms with E-state index in [1.54, 1.807) is 0 Å². The van der Waals surface area contributed by atoms with Crippen LogP contribution in [0.25, 0.3) is 0 Å². The van der Waals surface area contributed by atoms with Gasteiger partial charge in [-0.25, -0.2) is 0 Å². The molecule has 0 aliphatic carbocycles. The molecule has 0 spiro atoms. The summed E-state index contributed by atoms with van der Waals surface area (Å²) in [7, 11) is 0. The van der Waals surface area contributed by atoms with Gasteiger partial charge in [0.15, 0.2) is 0 Å². The fourth-order valence-electron chi connectivity index (χ4n) is 2.22. The molecule has 1 fully saturated rings. The molecule has 0 saturated carbocycles. The zero-order valence-corrected chi connectivity index (χ0v) is 13.0. The van der Waals surface area contributed by atoms with Crippen LogP contribution in [0.2, 0.25) is 0 Å². The van der Waals surface area contributed by atoms with Crippen molar-refractivity contribution in [1.29, 1.82) is 5.26 Å². The van der Waals surface area contributed by atoms with Crippen molar-refractivity contribution in [2.75, 3.05) is 45.9 Å². The Kier molecular flexibility index (Phi) is 6.78. The molecule has 0 unspecified atom stereocenters. The summed E-state index contributed by atoms with van der Waals surface area (Å²) in [5.41, 5.74) is -0.333. The minimum atomic E-state index is -0.333. The molecule has 0 aromatic heterocycles. The quantitative estimate of drug-likeness (QED) is 0.661. The molecular weight excluding hydrogens is 238 g/mol. The molecule has 0 bridgehead atoms. The van der Waals surface area contributed by atoms with Crippen molar-refractivity contribution < 1.29 is 4.74 Å². The van der Waals surface area contributed by atoms with Crippen LogP contribution in [0, 0.1) is 17.2 Å². The molecular formula is C15H29N3O. The van der Waals surface area contributed by atoms with E-state index in [9.17, 15) is 0 Å². The monoisotopic (exact) mass is 267 g/mol. The first-order chi connectivity index (χ1) is 8.95. The van der Waals surface area contributed by atoms with Crippen LogP contribution >= 0.6 is 0 Å². The molecule has 0 aromatic rings. The lowest BCUT2D eigenvalue weighted by atomic mass is 10.0. The van der Waals surface area contributed by atoms with E-state index in [2.05, 4.69) is 29.7 Å². The minimum absolute atomic E-state index is 0.333. The first-order valence-electron chi connectivity index (χ1n) is 7.42. The van der Waals surface area contributed by atoms with Crippen molar-refractivity contribution >= 4 is 0 Å². The fraction of sp³-hybridized carbons (Fsp3) is 0.933. The number of ether oxygens (including phenoxy) is 1. The molecule has 4 nitrogen and oxygen atoms in total. The zero-order chi connectivity index (χ0) is 14.3. The van der Waals surface area contributed by atoms with Crippen LogP contribution in [-0.4, -0.2) is 61.3 Å². The molecule has 1 aliphatic rings. The fourth-order valence-corrected chi connectivity index (χ4v) is 2.22. The van der Waals surface area contributed by atoms with Crippen LogP contribution in [0.1, 0.15) is 34.1 Å². The largest absolute Gasteiger partial charge is 0.380 e. The number of nitriles is 1. The van der Waals surface area contributed by atoms with Crippen LogP contribution in [0.3, 0.4) is 0 Å². The Bertz CT molecular complexity index is 288. The van der Waals surface area contributed by atoms with Gasteiger partial charge in [-0.15, -0.1) is 0 Å². The van der Waals surface area contributed by atoms with Crippen molar-refractivity contribution in [3.8, 4) is 6.07 Å². The van der Waals surface area contributed by atoms with E-state index in [1.165, 1.54) is 0 Å². The summed E-state index contributed by atoms with van der Waals surface area (Å²) in [6, 6.07) is 2.38. The molecule has 0 radical (unpaired) electrons. The molecule has 110 valence electrons. The van der Waals surface area contributed by atoms with Crippen molar-refractivity contribution in [1.82, 2.24) is 9.80 Å². The van der Waals surface area contributed by atoms with Crippen LogP contribution in [-0.2, 0) is 4.74 Å². The van der Waals surface area contributed by atoms with Gasteiger partial charge in [-0.2, -0.15) is 5.26 Å². The topological polar surface area (TPSA) is 39.5 Å². The highest BCUT2D eigenvalue weighted by Gasteiger charge is 2.29. The second kappa shape index (κ2) is 7.84. The molecule has 4 heteroatoms. The van der Waals surface area contributed by atoms with Gasteiger partial charge in [0, 0.05) is 39.3 Å². The summed E-state index contributed by atoms with van der Waals surface area (Å²) >= 11 is 0. The summed E-state index contributed by atoms with van der Waals surface area (Å²) in [6.07, 6.45) is 1.14. The lowest BCUT2D eigenvalue weighted by Crippen LogP contribution is -2.54. The number of piperazine rings is 1. The second-order valence-corrected chi connectivity index (χ2v) is 6.29. The molecule has 1 heterocycles. The highest BCUT2D eigenvalue weighted by Crippen LogP contribution is 2.15. The van der Waals surface area contributed by atoms with E-state index in [4.69, 9.17) is 10.00 Å². The van der Waals surface area contributed by atoms with Gasteiger partial charge in [0.05, 0.1) is 12.7 Å². The van der Waals surface area contributed by atoms with Gasteiger partial charge in [-0.1, -0.05) is 13.8 Å². The highest BCUT2D eigenvalue weighted by molar-refractivity contribution is 5.02.